The van der Waals surface area contributed by atoms with Crippen LogP contribution in [0.5, 0.6) is 0 Å². The van der Waals surface area contributed by atoms with Gasteiger partial charge < -0.3 is 16.0 Å². The normalized spacial score (nSPS) is 18.4. The monoisotopic (exact) mass is 275 g/mol. The van der Waals surface area contributed by atoms with Gasteiger partial charge in [0.05, 0.1) is 0 Å². The summed E-state index contributed by atoms with van der Waals surface area (Å²) in [4.78, 5) is 25.4. The van der Waals surface area contributed by atoms with Crippen LogP contribution in [0.15, 0.2) is 24.3 Å². The molecule has 1 aliphatic rings. The second-order valence-corrected chi connectivity index (χ2v) is 5.52. The van der Waals surface area contributed by atoms with Gasteiger partial charge in [-0.3, -0.25) is 4.79 Å². The van der Waals surface area contributed by atoms with Crippen LogP contribution in [0, 0.1) is 5.92 Å². The van der Waals surface area contributed by atoms with Crippen LogP contribution in [-0.4, -0.2) is 29.4 Å². The van der Waals surface area contributed by atoms with Crippen LogP contribution in [0.2, 0.25) is 0 Å². The number of nitrogens with zero attached hydrogens (tertiary/aromatic N) is 1. The van der Waals surface area contributed by atoms with Crippen molar-refractivity contribution in [2.75, 3.05) is 11.9 Å². The quantitative estimate of drug-likeness (QED) is 0.889. The summed E-state index contributed by atoms with van der Waals surface area (Å²) in [5.41, 5.74) is 6.22. The van der Waals surface area contributed by atoms with Crippen molar-refractivity contribution in [3.05, 3.63) is 29.8 Å². The van der Waals surface area contributed by atoms with Gasteiger partial charge in [0, 0.05) is 23.8 Å². The second kappa shape index (κ2) is 5.94. The molecule has 0 saturated carbocycles. The van der Waals surface area contributed by atoms with Crippen molar-refractivity contribution in [2.45, 2.75) is 32.7 Å². The van der Waals surface area contributed by atoms with E-state index < -0.39 is 6.03 Å². The van der Waals surface area contributed by atoms with Crippen LogP contribution in [0.4, 0.5) is 10.5 Å². The van der Waals surface area contributed by atoms with Crippen molar-refractivity contribution in [3.63, 3.8) is 0 Å². The van der Waals surface area contributed by atoms with Crippen molar-refractivity contribution in [2.24, 2.45) is 11.7 Å². The van der Waals surface area contributed by atoms with Crippen LogP contribution in [-0.2, 0) is 0 Å². The van der Waals surface area contributed by atoms with E-state index in [2.05, 4.69) is 19.2 Å². The number of nitrogens with one attached hydrogen (secondary N) is 1. The molecule has 5 nitrogen and oxygen atoms in total. The highest BCUT2D eigenvalue weighted by Crippen LogP contribution is 2.26. The number of carbonyl (C=O) groups is 2. The molecule has 1 heterocycles. The number of rotatable bonds is 3. The standard InChI is InChI=1S/C15H21N3O2/c1-10(2)13-7-4-8-18(13)14(19)11-5-3-6-12(9-11)17-15(16)20/h3,5-6,9-10,13H,4,7-8H2,1-2H3,(H3,16,17,20)/t13-/m0/s1. The zero-order valence-electron chi connectivity index (χ0n) is 11.9. The molecule has 1 saturated heterocycles. The van der Waals surface area contributed by atoms with Gasteiger partial charge in [0.2, 0.25) is 0 Å². The summed E-state index contributed by atoms with van der Waals surface area (Å²) >= 11 is 0. The van der Waals surface area contributed by atoms with Crippen LogP contribution in [0.1, 0.15) is 37.0 Å². The summed E-state index contributed by atoms with van der Waals surface area (Å²) in [6, 6.07) is 6.57. The molecule has 3 amide bonds. The van der Waals surface area contributed by atoms with Crippen LogP contribution >= 0.6 is 0 Å². The second-order valence-electron chi connectivity index (χ2n) is 5.52. The average Bonchev–Trinajstić information content (AvgIpc) is 2.86. The molecule has 20 heavy (non-hydrogen) atoms. The van der Waals surface area contributed by atoms with E-state index in [0.29, 0.717) is 23.2 Å². The fourth-order valence-electron chi connectivity index (χ4n) is 2.78. The summed E-state index contributed by atoms with van der Waals surface area (Å²) in [6.07, 6.45) is 2.11. The number of urea groups is 1. The van der Waals surface area contributed by atoms with Gasteiger partial charge in [0.1, 0.15) is 0 Å². The molecule has 2 rings (SSSR count). The Morgan fingerprint density at radius 2 is 2.15 bits per heavy atom. The van der Waals surface area contributed by atoms with Gasteiger partial charge in [-0.05, 0) is 37.0 Å². The topological polar surface area (TPSA) is 75.4 Å². The van der Waals surface area contributed by atoms with Crippen molar-refractivity contribution in [3.8, 4) is 0 Å². The molecular formula is C15H21N3O2. The Hall–Kier alpha value is -2.04. The zero-order chi connectivity index (χ0) is 14.7. The van der Waals surface area contributed by atoms with Crippen molar-refractivity contribution in [1.82, 2.24) is 4.90 Å². The summed E-state index contributed by atoms with van der Waals surface area (Å²) in [6.45, 7) is 5.08. The van der Waals surface area contributed by atoms with E-state index in [1.807, 2.05) is 4.90 Å². The maximum absolute atomic E-state index is 12.6. The number of amides is 3. The Kier molecular flexibility index (Phi) is 4.27. The number of primary amides is 1. The van der Waals surface area contributed by atoms with Gasteiger partial charge in [-0.1, -0.05) is 19.9 Å². The first-order valence-corrected chi connectivity index (χ1v) is 6.96. The van der Waals surface area contributed by atoms with Crippen LogP contribution in [0.25, 0.3) is 0 Å². The lowest BCUT2D eigenvalue weighted by molar-refractivity contribution is 0.0701. The maximum atomic E-state index is 12.6. The van der Waals surface area contributed by atoms with E-state index >= 15 is 0 Å². The Morgan fingerprint density at radius 3 is 2.80 bits per heavy atom. The van der Waals surface area contributed by atoms with Gasteiger partial charge in [-0.25, -0.2) is 4.79 Å². The van der Waals surface area contributed by atoms with E-state index in [4.69, 9.17) is 5.73 Å². The van der Waals surface area contributed by atoms with E-state index in [1.165, 1.54) is 0 Å². The lowest BCUT2D eigenvalue weighted by Gasteiger charge is -2.27. The Labute approximate surface area is 119 Å². The molecule has 5 heteroatoms. The highest BCUT2D eigenvalue weighted by atomic mass is 16.2. The zero-order valence-corrected chi connectivity index (χ0v) is 11.9. The molecule has 0 aliphatic carbocycles. The highest BCUT2D eigenvalue weighted by Gasteiger charge is 2.31. The fourth-order valence-corrected chi connectivity index (χ4v) is 2.78. The molecule has 0 spiro atoms. The third-order valence-corrected chi connectivity index (χ3v) is 3.71. The van der Waals surface area contributed by atoms with E-state index in [1.54, 1.807) is 24.3 Å². The molecule has 0 aromatic heterocycles. The number of nitrogens with two attached hydrogens (primary N) is 1. The lowest BCUT2D eigenvalue weighted by atomic mass is 10.0. The third-order valence-electron chi connectivity index (χ3n) is 3.71. The molecule has 1 aromatic rings. The van der Waals surface area contributed by atoms with Crippen LogP contribution < -0.4 is 11.1 Å². The summed E-state index contributed by atoms with van der Waals surface area (Å²) < 4.78 is 0. The van der Waals surface area contributed by atoms with Gasteiger partial charge >= 0.3 is 6.03 Å². The molecule has 1 atom stereocenters. The number of hydrogen-bond donors (Lipinski definition) is 2. The van der Waals surface area contributed by atoms with Crippen molar-refractivity contribution < 1.29 is 9.59 Å². The summed E-state index contributed by atoms with van der Waals surface area (Å²) in [5, 5.41) is 2.49. The van der Waals surface area contributed by atoms with E-state index in [-0.39, 0.29) is 5.91 Å². The Bertz CT molecular complexity index is 514. The van der Waals surface area contributed by atoms with E-state index in [9.17, 15) is 9.59 Å². The average molecular weight is 275 g/mol. The molecule has 1 fully saturated rings. The first-order chi connectivity index (χ1) is 9.49. The largest absolute Gasteiger partial charge is 0.351 e. The first-order valence-electron chi connectivity index (χ1n) is 6.96. The predicted octanol–water partition coefficient (Wildman–Crippen LogP) is 2.44. The first kappa shape index (κ1) is 14.4. The highest BCUT2D eigenvalue weighted by molar-refractivity contribution is 5.97. The van der Waals surface area contributed by atoms with Gasteiger partial charge in [-0.15, -0.1) is 0 Å². The minimum Gasteiger partial charge on any atom is -0.351 e. The third kappa shape index (κ3) is 3.10. The van der Waals surface area contributed by atoms with Gasteiger partial charge in [0.25, 0.3) is 5.91 Å². The smallest absolute Gasteiger partial charge is 0.316 e. The SMILES string of the molecule is CC(C)[C@@H]1CCCN1C(=O)c1cccc(NC(N)=O)c1. The molecule has 0 bridgehead atoms. The van der Waals surface area contributed by atoms with Gasteiger partial charge in [0.15, 0.2) is 0 Å². The number of carbonyl (C=O) groups excluding carboxylic acids is 2. The number of anilines is 1. The Balaban J connectivity index is 2.18. The number of likely N-dealkylation sites (tertiary alicyclic amines) is 1. The molecular weight excluding hydrogens is 254 g/mol. The molecule has 1 aliphatic heterocycles. The predicted molar refractivity (Wildman–Crippen MR) is 78.5 cm³/mol. The fraction of sp³-hybridized carbons (Fsp3) is 0.467. The molecule has 0 unspecified atom stereocenters. The number of benzene rings is 1. The number of hydrogen-bond acceptors (Lipinski definition) is 2. The maximum Gasteiger partial charge on any atom is 0.316 e. The minimum atomic E-state index is -0.629. The Morgan fingerprint density at radius 1 is 1.40 bits per heavy atom. The summed E-state index contributed by atoms with van der Waals surface area (Å²) in [7, 11) is 0. The minimum absolute atomic E-state index is 0.0225. The molecule has 0 radical (unpaired) electrons. The van der Waals surface area contributed by atoms with Gasteiger partial charge in [-0.2, -0.15) is 0 Å². The van der Waals surface area contributed by atoms with Crippen molar-refractivity contribution >= 4 is 17.6 Å². The lowest BCUT2D eigenvalue weighted by Crippen LogP contribution is -2.38. The molecule has 108 valence electrons. The van der Waals surface area contributed by atoms with E-state index in [0.717, 1.165) is 19.4 Å². The van der Waals surface area contributed by atoms with Crippen molar-refractivity contribution in [1.29, 1.82) is 0 Å². The van der Waals surface area contributed by atoms with Crippen LogP contribution in [0.3, 0.4) is 0 Å². The summed E-state index contributed by atoms with van der Waals surface area (Å²) in [5.74, 6) is 0.475. The molecule has 1 aromatic carbocycles. The molecule has 3 N–H and O–H groups in total.